The zero-order valence-electron chi connectivity index (χ0n) is 7.56. The Labute approximate surface area is 76.8 Å². The van der Waals surface area contributed by atoms with Gasteiger partial charge < -0.3 is 5.11 Å². The summed E-state index contributed by atoms with van der Waals surface area (Å²) < 4.78 is 0. The van der Waals surface area contributed by atoms with Gasteiger partial charge >= 0.3 is 0 Å². The minimum absolute atomic E-state index is 0.0881. The van der Waals surface area contributed by atoms with Crippen LogP contribution in [0.25, 0.3) is 0 Å². The van der Waals surface area contributed by atoms with Crippen LogP contribution in [0.4, 0.5) is 0 Å². The summed E-state index contributed by atoms with van der Waals surface area (Å²) in [6.07, 6.45) is 3.15. The predicted molar refractivity (Wildman–Crippen MR) is 46.7 cm³/mol. The summed E-state index contributed by atoms with van der Waals surface area (Å²) in [5.74, 6) is -0.359. The Balaban J connectivity index is 2.45. The standard InChI is InChI=1S/C9H13NO3/c1-7(4-5-11)6-10-8(12)2-3-9(10)13/h2-3,7,11H,4-6H2,1H3. The van der Waals surface area contributed by atoms with Crippen LogP contribution in [0.2, 0.25) is 0 Å². The number of carbonyl (C=O) groups excluding carboxylic acids is 2. The van der Waals surface area contributed by atoms with Gasteiger partial charge in [0.2, 0.25) is 0 Å². The van der Waals surface area contributed by atoms with Crippen LogP contribution >= 0.6 is 0 Å². The van der Waals surface area contributed by atoms with Gasteiger partial charge in [-0.25, -0.2) is 0 Å². The molecule has 72 valence electrons. The molecule has 1 heterocycles. The van der Waals surface area contributed by atoms with Crippen molar-refractivity contribution in [1.82, 2.24) is 4.90 Å². The highest BCUT2D eigenvalue weighted by Crippen LogP contribution is 2.09. The third-order valence-electron chi connectivity index (χ3n) is 2.02. The van der Waals surface area contributed by atoms with Crippen molar-refractivity contribution in [3.63, 3.8) is 0 Å². The molecule has 1 rings (SSSR count). The van der Waals surface area contributed by atoms with E-state index in [2.05, 4.69) is 0 Å². The van der Waals surface area contributed by atoms with Gasteiger partial charge in [0.15, 0.2) is 0 Å². The van der Waals surface area contributed by atoms with E-state index in [0.29, 0.717) is 13.0 Å². The Morgan fingerprint density at radius 2 is 1.92 bits per heavy atom. The molecule has 0 aromatic rings. The SMILES string of the molecule is CC(CCO)CN1C(=O)C=CC1=O. The monoisotopic (exact) mass is 183 g/mol. The van der Waals surface area contributed by atoms with Crippen molar-refractivity contribution in [3.05, 3.63) is 12.2 Å². The number of rotatable bonds is 4. The summed E-state index contributed by atoms with van der Waals surface area (Å²) in [4.78, 5) is 23.4. The predicted octanol–water partition coefficient (Wildman–Crippen LogP) is -0.0701. The van der Waals surface area contributed by atoms with Crippen LogP contribution in [-0.4, -0.2) is 35.0 Å². The first-order chi connectivity index (χ1) is 6.15. The Bertz CT molecular complexity index is 229. The van der Waals surface area contributed by atoms with E-state index in [4.69, 9.17) is 5.11 Å². The van der Waals surface area contributed by atoms with Crippen molar-refractivity contribution >= 4 is 11.8 Å². The van der Waals surface area contributed by atoms with Gasteiger partial charge in [-0.15, -0.1) is 0 Å². The second-order valence-electron chi connectivity index (χ2n) is 3.24. The average Bonchev–Trinajstić information content (AvgIpc) is 2.36. The summed E-state index contributed by atoms with van der Waals surface area (Å²) in [6, 6.07) is 0. The molecule has 1 aliphatic rings. The number of imide groups is 1. The molecule has 0 aromatic carbocycles. The van der Waals surface area contributed by atoms with Crippen molar-refractivity contribution in [2.24, 2.45) is 5.92 Å². The molecule has 1 N–H and O–H groups in total. The van der Waals surface area contributed by atoms with Gasteiger partial charge in [0, 0.05) is 25.3 Å². The van der Waals surface area contributed by atoms with Gasteiger partial charge in [-0.2, -0.15) is 0 Å². The van der Waals surface area contributed by atoms with Gasteiger partial charge in [0.05, 0.1) is 0 Å². The Morgan fingerprint density at radius 1 is 1.38 bits per heavy atom. The molecular formula is C9H13NO3. The number of nitrogens with zero attached hydrogens (tertiary/aromatic N) is 1. The fourth-order valence-corrected chi connectivity index (χ4v) is 1.23. The van der Waals surface area contributed by atoms with E-state index in [0.717, 1.165) is 0 Å². The van der Waals surface area contributed by atoms with Crippen molar-refractivity contribution in [3.8, 4) is 0 Å². The van der Waals surface area contributed by atoms with E-state index in [1.807, 2.05) is 6.92 Å². The molecule has 0 radical (unpaired) electrons. The second-order valence-corrected chi connectivity index (χ2v) is 3.24. The molecule has 0 bridgehead atoms. The van der Waals surface area contributed by atoms with Crippen molar-refractivity contribution in [1.29, 1.82) is 0 Å². The smallest absolute Gasteiger partial charge is 0.253 e. The van der Waals surface area contributed by atoms with Crippen LogP contribution in [0.3, 0.4) is 0 Å². The van der Waals surface area contributed by atoms with Crippen molar-refractivity contribution < 1.29 is 14.7 Å². The Hall–Kier alpha value is -1.16. The molecule has 13 heavy (non-hydrogen) atoms. The number of hydrogen-bond donors (Lipinski definition) is 1. The van der Waals surface area contributed by atoms with E-state index in [9.17, 15) is 9.59 Å². The van der Waals surface area contributed by atoms with Crippen LogP contribution < -0.4 is 0 Å². The molecule has 4 heteroatoms. The molecule has 0 saturated heterocycles. The van der Waals surface area contributed by atoms with Crippen LogP contribution in [0.5, 0.6) is 0 Å². The number of amides is 2. The minimum atomic E-state index is -0.255. The molecule has 2 amide bonds. The number of aliphatic hydroxyl groups excluding tert-OH is 1. The fourth-order valence-electron chi connectivity index (χ4n) is 1.23. The maximum atomic E-state index is 11.1. The number of aliphatic hydroxyl groups is 1. The van der Waals surface area contributed by atoms with E-state index in [1.165, 1.54) is 17.1 Å². The summed E-state index contributed by atoms with van der Waals surface area (Å²) in [5.41, 5.74) is 0. The van der Waals surface area contributed by atoms with Gasteiger partial charge in [-0.3, -0.25) is 14.5 Å². The van der Waals surface area contributed by atoms with Crippen LogP contribution in [0.1, 0.15) is 13.3 Å². The lowest BCUT2D eigenvalue weighted by Gasteiger charge is -2.18. The highest BCUT2D eigenvalue weighted by molar-refractivity contribution is 6.12. The van der Waals surface area contributed by atoms with Crippen molar-refractivity contribution in [2.75, 3.05) is 13.2 Å². The number of carbonyl (C=O) groups is 2. The maximum Gasteiger partial charge on any atom is 0.253 e. The molecule has 1 aliphatic heterocycles. The molecule has 0 spiro atoms. The third kappa shape index (κ3) is 2.39. The maximum absolute atomic E-state index is 11.1. The first-order valence-electron chi connectivity index (χ1n) is 4.29. The zero-order chi connectivity index (χ0) is 9.84. The van der Waals surface area contributed by atoms with E-state index >= 15 is 0 Å². The minimum Gasteiger partial charge on any atom is -0.396 e. The van der Waals surface area contributed by atoms with Gasteiger partial charge in [-0.1, -0.05) is 6.92 Å². The number of hydrogen-bond acceptors (Lipinski definition) is 3. The lowest BCUT2D eigenvalue weighted by molar-refractivity contribution is -0.137. The molecule has 0 aromatic heterocycles. The molecule has 0 saturated carbocycles. The van der Waals surface area contributed by atoms with Crippen LogP contribution in [0.15, 0.2) is 12.2 Å². The largest absolute Gasteiger partial charge is 0.396 e. The van der Waals surface area contributed by atoms with E-state index < -0.39 is 0 Å². The Morgan fingerprint density at radius 3 is 2.38 bits per heavy atom. The quantitative estimate of drug-likeness (QED) is 0.621. The molecular weight excluding hydrogens is 170 g/mol. The average molecular weight is 183 g/mol. The molecule has 0 fully saturated rings. The van der Waals surface area contributed by atoms with Gasteiger partial charge in [-0.05, 0) is 12.3 Å². The highest BCUT2D eigenvalue weighted by atomic mass is 16.3. The first-order valence-corrected chi connectivity index (χ1v) is 4.29. The van der Waals surface area contributed by atoms with E-state index in [-0.39, 0.29) is 24.3 Å². The zero-order valence-corrected chi connectivity index (χ0v) is 7.56. The fraction of sp³-hybridized carbons (Fsp3) is 0.556. The van der Waals surface area contributed by atoms with E-state index in [1.54, 1.807) is 0 Å². The van der Waals surface area contributed by atoms with Crippen LogP contribution in [0, 0.1) is 5.92 Å². The topological polar surface area (TPSA) is 57.6 Å². The van der Waals surface area contributed by atoms with Crippen LogP contribution in [-0.2, 0) is 9.59 Å². The summed E-state index contributed by atoms with van der Waals surface area (Å²) in [5, 5.41) is 8.64. The van der Waals surface area contributed by atoms with Gasteiger partial charge in [0.1, 0.15) is 0 Å². The first kappa shape index (κ1) is 9.92. The van der Waals surface area contributed by atoms with Gasteiger partial charge in [0.25, 0.3) is 11.8 Å². The third-order valence-corrected chi connectivity index (χ3v) is 2.02. The summed E-state index contributed by atoms with van der Waals surface area (Å²) >= 11 is 0. The Kier molecular flexibility index (Phi) is 3.19. The molecule has 4 nitrogen and oxygen atoms in total. The summed E-state index contributed by atoms with van der Waals surface area (Å²) in [6.45, 7) is 2.38. The molecule has 1 unspecified atom stereocenters. The van der Waals surface area contributed by atoms with Crippen molar-refractivity contribution in [2.45, 2.75) is 13.3 Å². The molecule has 0 aliphatic carbocycles. The highest BCUT2D eigenvalue weighted by Gasteiger charge is 2.24. The lowest BCUT2D eigenvalue weighted by atomic mass is 10.1. The summed E-state index contributed by atoms with van der Waals surface area (Å²) in [7, 11) is 0. The normalized spacial score (nSPS) is 18.5. The second kappa shape index (κ2) is 4.18. The lowest BCUT2D eigenvalue weighted by Crippen LogP contribution is -2.34. The molecule has 1 atom stereocenters.